The molecule has 1 amide bonds. The molecule has 5 N–H and O–H groups in total. The van der Waals surface area contributed by atoms with Crippen LogP contribution in [0.5, 0.6) is 0 Å². The van der Waals surface area contributed by atoms with Crippen molar-refractivity contribution in [2.75, 3.05) is 6.54 Å². The number of hydrogen-bond acceptors (Lipinski definition) is 4. The number of carboxylic acids is 2. The summed E-state index contributed by atoms with van der Waals surface area (Å²) in [6, 6.07) is 0.620. The summed E-state index contributed by atoms with van der Waals surface area (Å²) in [5.74, 6) is -3.85. The molecule has 7 heteroatoms. The minimum absolute atomic E-state index is 0.205. The number of amides is 1. The van der Waals surface area contributed by atoms with Gasteiger partial charge in [-0.25, -0.2) is 9.59 Å². The van der Waals surface area contributed by atoms with Gasteiger partial charge in [0.1, 0.15) is 0 Å². The lowest BCUT2D eigenvalue weighted by Gasteiger charge is -2.20. The Morgan fingerprint density at radius 1 is 0.950 bits per heavy atom. The predicted octanol–water partition coefficient (Wildman–Crippen LogP) is 0.720. The summed E-state index contributed by atoms with van der Waals surface area (Å²) in [5.41, 5.74) is 5.08. The number of aliphatic carboxylic acids is 2. The van der Waals surface area contributed by atoms with E-state index < -0.39 is 11.9 Å². The molecule has 0 saturated heterocycles. The van der Waals surface area contributed by atoms with Gasteiger partial charge in [-0.3, -0.25) is 4.79 Å². The maximum Gasteiger partial charge on any atom is 0.414 e. The van der Waals surface area contributed by atoms with Crippen LogP contribution >= 0.6 is 0 Å². The molecule has 1 fully saturated rings. The molecule has 116 valence electrons. The minimum Gasteiger partial charge on any atom is -0.473 e. The Labute approximate surface area is 118 Å². The van der Waals surface area contributed by atoms with Gasteiger partial charge in [-0.15, -0.1) is 0 Å². The molecule has 1 aliphatic carbocycles. The SMILES string of the molecule is NC(=O)CCNC1CCCCCCC1.O=C(O)C(=O)O. The number of carbonyl (C=O) groups is 3. The van der Waals surface area contributed by atoms with Crippen molar-refractivity contribution in [2.45, 2.75) is 57.4 Å². The van der Waals surface area contributed by atoms with Crippen LogP contribution in [-0.4, -0.2) is 40.6 Å². The summed E-state index contributed by atoms with van der Waals surface area (Å²) in [6.07, 6.45) is 9.78. The van der Waals surface area contributed by atoms with E-state index in [2.05, 4.69) is 5.32 Å². The third-order valence-corrected chi connectivity index (χ3v) is 3.09. The molecule has 0 aliphatic heterocycles. The molecular weight excluding hydrogens is 264 g/mol. The van der Waals surface area contributed by atoms with Crippen molar-refractivity contribution in [1.29, 1.82) is 0 Å². The Balaban J connectivity index is 0.000000511. The zero-order valence-corrected chi connectivity index (χ0v) is 11.6. The van der Waals surface area contributed by atoms with E-state index in [-0.39, 0.29) is 5.91 Å². The van der Waals surface area contributed by atoms with Gasteiger partial charge in [0.15, 0.2) is 0 Å². The molecule has 0 radical (unpaired) electrons. The highest BCUT2D eigenvalue weighted by atomic mass is 16.4. The molecule has 0 aromatic heterocycles. The van der Waals surface area contributed by atoms with E-state index in [0.717, 1.165) is 6.54 Å². The molecule has 0 aromatic carbocycles. The molecule has 0 aromatic rings. The smallest absolute Gasteiger partial charge is 0.414 e. The number of nitrogens with one attached hydrogen (secondary N) is 1. The molecular formula is C13H24N2O5. The third kappa shape index (κ3) is 11.5. The van der Waals surface area contributed by atoms with Gasteiger partial charge < -0.3 is 21.3 Å². The van der Waals surface area contributed by atoms with Crippen molar-refractivity contribution in [1.82, 2.24) is 5.32 Å². The lowest BCUT2D eigenvalue weighted by molar-refractivity contribution is -0.159. The second kappa shape index (κ2) is 11.2. The Hall–Kier alpha value is -1.63. The van der Waals surface area contributed by atoms with Crippen molar-refractivity contribution in [2.24, 2.45) is 5.73 Å². The Kier molecular flexibility index (Phi) is 10.3. The maximum absolute atomic E-state index is 10.5. The first-order chi connectivity index (χ1) is 9.43. The zero-order valence-electron chi connectivity index (χ0n) is 11.6. The minimum atomic E-state index is -1.82. The monoisotopic (exact) mass is 288 g/mol. The van der Waals surface area contributed by atoms with Crippen molar-refractivity contribution < 1.29 is 24.6 Å². The van der Waals surface area contributed by atoms with E-state index in [4.69, 9.17) is 25.5 Å². The molecule has 0 unspecified atom stereocenters. The van der Waals surface area contributed by atoms with Crippen LogP contribution in [0.15, 0.2) is 0 Å². The molecule has 1 saturated carbocycles. The molecule has 0 heterocycles. The third-order valence-electron chi connectivity index (χ3n) is 3.09. The largest absolute Gasteiger partial charge is 0.473 e. The van der Waals surface area contributed by atoms with E-state index in [1.165, 1.54) is 44.9 Å². The van der Waals surface area contributed by atoms with Crippen molar-refractivity contribution >= 4 is 17.8 Å². The van der Waals surface area contributed by atoms with Crippen molar-refractivity contribution in [3.05, 3.63) is 0 Å². The zero-order chi connectivity index (χ0) is 15.4. The molecule has 20 heavy (non-hydrogen) atoms. The summed E-state index contributed by atoms with van der Waals surface area (Å²) in [4.78, 5) is 28.7. The first-order valence-electron chi connectivity index (χ1n) is 6.91. The topological polar surface area (TPSA) is 130 Å². The fourth-order valence-electron chi connectivity index (χ4n) is 2.06. The Morgan fingerprint density at radius 3 is 1.80 bits per heavy atom. The van der Waals surface area contributed by atoms with Gasteiger partial charge in [-0.05, 0) is 12.8 Å². The summed E-state index contributed by atoms with van der Waals surface area (Å²) >= 11 is 0. The van der Waals surface area contributed by atoms with Crippen LogP contribution in [0.2, 0.25) is 0 Å². The highest BCUT2D eigenvalue weighted by Gasteiger charge is 2.10. The predicted molar refractivity (Wildman–Crippen MR) is 73.2 cm³/mol. The van der Waals surface area contributed by atoms with Crippen molar-refractivity contribution in [3.8, 4) is 0 Å². The van der Waals surface area contributed by atoms with Crippen LogP contribution in [-0.2, 0) is 14.4 Å². The maximum atomic E-state index is 10.5. The van der Waals surface area contributed by atoms with Gasteiger partial charge in [0, 0.05) is 19.0 Å². The van der Waals surface area contributed by atoms with E-state index in [1.54, 1.807) is 0 Å². The van der Waals surface area contributed by atoms with Crippen LogP contribution in [0.4, 0.5) is 0 Å². The van der Waals surface area contributed by atoms with Gasteiger partial charge in [0.25, 0.3) is 0 Å². The second-order valence-corrected chi connectivity index (χ2v) is 4.82. The summed E-state index contributed by atoms with van der Waals surface area (Å²) in [7, 11) is 0. The number of hydrogen-bond donors (Lipinski definition) is 4. The summed E-state index contributed by atoms with van der Waals surface area (Å²) in [5, 5.41) is 18.2. The normalized spacial score (nSPS) is 16.2. The molecule has 7 nitrogen and oxygen atoms in total. The first kappa shape index (κ1) is 18.4. The molecule has 0 bridgehead atoms. The van der Waals surface area contributed by atoms with Gasteiger partial charge in [0.05, 0.1) is 0 Å². The lowest BCUT2D eigenvalue weighted by Crippen LogP contribution is -2.32. The van der Waals surface area contributed by atoms with Gasteiger partial charge in [-0.2, -0.15) is 0 Å². The fraction of sp³-hybridized carbons (Fsp3) is 0.769. The molecule has 1 aliphatic rings. The average molecular weight is 288 g/mol. The highest BCUT2D eigenvalue weighted by Crippen LogP contribution is 2.16. The van der Waals surface area contributed by atoms with Crippen LogP contribution in [0.25, 0.3) is 0 Å². The molecule has 1 rings (SSSR count). The average Bonchev–Trinajstić information content (AvgIpc) is 2.32. The molecule has 0 atom stereocenters. The Bertz CT molecular complexity index is 300. The number of rotatable bonds is 4. The first-order valence-corrected chi connectivity index (χ1v) is 6.91. The Morgan fingerprint density at radius 2 is 1.40 bits per heavy atom. The number of carbonyl (C=O) groups excluding carboxylic acids is 1. The van der Waals surface area contributed by atoms with E-state index in [0.29, 0.717) is 12.5 Å². The molecule has 0 spiro atoms. The quantitative estimate of drug-likeness (QED) is 0.564. The summed E-state index contributed by atoms with van der Waals surface area (Å²) < 4.78 is 0. The van der Waals surface area contributed by atoms with E-state index >= 15 is 0 Å². The van der Waals surface area contributed by atoms with E-state index in [9.17, 15) is 4.79 Å². The number of nitrogens with two attached hydrogens (primary N) is 1. The highest BCUT2D eigenvalue weighted by molar-refractivity contribution is 6.27. The van der Waals surface area contributed by atoms with Gasteiger partial charge >= 0.3 is 11.9 Å². The van der Waals surface area contributed by atoms with Crippen molar-refractivity contribution in [3.63, 3.8) is 0 Å². The van der Waals surface area contributed by atoms with Crippen LogP contribution in [0.1, 0.15) is 51.4 Å². The van der Waals surface area contributed by atoms with E-state index in [1.807, 2.05) is 0 Å². The number of carboxylic acid groups (broad SMARTS) is 2. The lowest BCUT2D eigenvalue weighted by atomic mass is 9.97. The fourth-order valence-corrected chi connectivity index (χ4v) is 2.06. The second-order valence-electron chi connectivity index (χ2n) is 4.82. The van der Waals surface area contributed by atoms with Crippen LogP contribution < -0.4 is 11.1 Å². The standard InChI is InChI=1S/C11H22N2O.C2H2O4/c12-11(14)8-9-13-10-6-4-2-1-3-5-7-10;3-1(4)2(5)6/h10,13H,1-9H2,(H2,12,14);(H,3,4)(H,5,6). The van der Waals surface area contributed by atoms with Crippen LogP contribution in [0, 0.1) is 0 Å². The summed E-state index contributed by atoms with van der Waals surface area (Å²) in [6.45, 7) is 0.750. The number of primary amides is 1. The van der Waals surface area contributed by atoms with Gasteiger partial charge in [-0.1, -0.05) is 32.1 Å². The van der Waals surface area contributed by atoms with Gasteiger partial charge in [0.2, 0.25) is 5.91 Å². The van der Waals surface area contributed by atoms with Crippen LogP contribution in [0.3, 0.4) is 0 Å².